The number of hydrogen-bond acceptors (Lipinski definition) is 3. The van der Waals surface area contributed by atoms with E-state index < -0.39 is 0 Å². The number of imidazole rings is 1. The summed E-state index contributed by atoms with van der Waals surface area (Å²) in [4.78, 5) is 31.5. The zero-order valence-electron chi connectivity index (χ0n) is 16.1. The summed E-state index contributed by atoms with van der Waals surface area (Å²) in [6.07, 6.45) is 1.91. The number of amides is 2. The van der Waals surface area contributed by atoms with E-state index in [1.165, 1.54) is 0 Å². The van der Waals surface area contributed by atoms with Crippen LogP contribution in [-0.4, -0.2) is 28.4 Å². The van der Waals surface area contributed by atoms with E-state index in [1.54, 1.807) is 11.9 Å². The number of hydrogen-bond donors (Lipinski definition) is 1. The molecule has 1 unspecified atom stereocenters. The summed E-state index contributed by atoms with van der Waals surface area (Å²) in [5.74, 6) is 0.853. The first-order chi connectivity index (χ1) is 13.5. The minimum Gasteiger partial charge on any atom is -0.346 e. The third kappa shape index (κ3) is 3.63. The lowest BCUT2D eigenvalue weighted by molar-refractivity contribution is -0.123. The average Bonchev–Trinajstić information content (AvgIpc) is 3.51. The lowest BCUT2D eigenvalue weighted by atomic mass is 10.2. The van der Waals surface area contributed by atoms with Crippen LogP contribution in [0.15, 0.2) is 54.6 Å². The summed E-state index contributed by atoms with van der Waals surface area (Å²) in [6, 6.07) is 17.0. The van der Waals surface area contributed by atoms with Crippen molar-refractivity contribution in [1.82, 2.24) is 14.9 Å². The third-order valence-corrected chi connectivity index (χ3v) is 5.19. The summed E-state index contributed by atoms with van der Waals surface area (Å²) < 4.78 is 1.91. The van der Waals surface area contributed by atoms with Crippen LogP contribution in [0.1, 0.15) is 31.6 Å². The Bertz CT molecular complexity index is 1010. The fraction of sp³-hybridized carbons (Fsp3) is 0.318. The van der Waals surface area contributed by atoms with Crippen molar-refractivity contribution in [2.75, 3.05) is 11.9 Å². The molecular formula is C22H24N4O2. The van der Waals surface area contributed by atoms with Gasteiger partial charge in [-0.2, -0.15) is 0 Å². The van der Waals surface area contributed by atoms with Gasteiger partial charge in [0, 0.05) is 18.7 Å². The number of benzene rings is 2. The molecule has 1 atom stereocenters. The number of carbonyl (C=O) groups excluding carboxylic acids is 2. The number of carbonyl (C=O) groups is 2. The van der Waals surface area contributed by atoms with Crippen molar-refractivity contribution in [3.63, 3.8) is 0 Å². The first-order valence-electron chi connectivity index (χ1n) is 9.61. The van der Waals surface area contributed by atoms with Gasteiger partial charge in [0.25, 0.3) is 0 Å². The highest BCUT2D eigenvalue weighted by molar-refractivity contribution is 5.93. The molecule has 6 heteroatoms. The van der Waals surface area contributed by atoms with Crippen molar-refractivity contribution in [2.24, 2.45) is 5.92 Å². The number of fused-ring (bicyclic) bond motifs is 1. The number of likely N-dealkylation sites (N-methyl/N-ethyl adjacent to an activating group) is 1. The average molecular weight is 376 g/mol. The van der Waals surface area contributed by atoms with Crippen LogP contribution in [0.3, 0.4) is 0 Å². The van der Waals surface area contributed by atoms with Crippen molar-refractivity contribution in [2.45, 2.75) is 32.4 Å². The standard InChI is InChI=1S/C22H24N4O2/c1-15(23-22(28)16-12-13-16)21-24-18-10-6-7-11-19(18)26(21)14-20(27)25(2)17-8-4-3-5-9-17/h3-11,15-16H,12-14H2,1-2H3,(H,23,28). The maximum absolute atomic E-state index is 13.0. The number of rotatable bonds is 6. The van der Waals surface area contributed by atoms with Crippen molar-refractivity contribution in [3.8, 4) is 0 Å². The van der Waals surface area contributed by atoms with Crippen molar-refractivity contribution >= 4 is 28.5 Å². The highest BCUT2D eigenvalue weighted by atomic mass is 16.2. The molecule has 0 aliphatic heterocycles. The Kier molecular flexibility index (Phi) is 4.86. The predicted molar refractivity (Wildman–Crippen MR) is 109 cm³/mol. The molecule has 0 bridgehead atoms. The largest absolute Gasteiger partial charge is 0.346 e. The van der Waals surface area contributed by atoms with Gasteiger partial charge in [0.05, 0.1) is 17.1 Å². The molecular weight excluding hydrogens is 352 g/mol. The van der Waals surface area contributed by atoms with Crippen LogP contribution in [0.25, 0.3) is 11.0 Å². The minimum atomic E-state index is -0.268. The van der Waals surface area contributed by atoms with Crippen LogP contribution in [0.5, 0.6) is 0 Å². The van der Waals surface area contributed by atoms with Gasteiger partial charge in [-0.15, -0.1) is 0 Å². The van der Waals surface area contributed by atoms with Crippen molar-refractivity contribution in [1.29, 1.82) is 0 Å². The molecule has 3 aromatic rings. The molecule has 2 aromatic carbocycles. The molecule has 1 aliphatic carbocycles. The molecule has 1 aliphatic rings. The Morgan fingerprint density at radius 2 is 1.82 bits per heavy atom. The molecule has 28 heavy (non-hydrogen) atoms. The Hall–Kier alpha value is -3.15. The summed E-state index contributed by atoms with van der Waals surface area (Å²) in [5.41, 5.74) is 2.55. The smallest absolute Gasteiger partial charge is 0.246 e. The van der Waals surface area contributed by atoms with Crippen molar-refractivity contribution < 1.29 is 9.59 Å². The molecule has 1 saturated carbocycles. The van der Waals surface area contributed by atoms with Gasteiger partial charge < -0.3 is 14.8 Å². The molecule has 1 fully saturated rings. The summed E-state index contributed by atoms with van der Waals surface area (Å²) in [6.45, 7) is 2.08. The van der Waals surface area contributed by atoms with Gasteiger partial charge in [0.2, 0.25) is 11.8 Å². The van der Waals surface area contributed by atoms with Gasteiger partial charge >= 0.3 is 0 Å². The SMILES string of the molecule is CC(NC(=O)C1CC1)c1nc2ccccc2n1CC(=O)N(C)c1ccccc1. The Balaban J connectivity index is 1.63. The number of aromatic nitrogens is 2. The summed E-state index contributed by atoms with van der Waals surface area (Å²) in [5, 5.41) is 3.05. The fourth-order valence-corrected chi connectivity index (χ4v) is 3.37. The number of nitrogens with zero attached hydrogens (tertiary/aromatic N) is 3. The van der Waals surface area contributed by atoms with Gasteiger partial charge in [0.15, 0.2) is 0 Å². The molecule has 4 rings (SSSR count). The monoisotopic (exact) mass is 376 g/mol. The lowest BCUT2D eigenvalue weighted by Gasteiger charge is -2.20. The van der Waals surface area contributed by atoms with Gasteiger partial charge in [-0.1, -0.05) is 30.3 Å². The molecule has 0 radical (unpaired) electrons. The molecule has 0 spiro atoms. The molecule has 2 amide bonds. The second-order valence-corrected chi connectivity index (χ2v) is 7.34. The molecule has 1 aromatic heterocycles. The van der Waals surface area contributed by atoms with E-state index >= 15 is 0 Å². The number of para-hydroxylation sites is 3. The zero-order valence-corrected chi connectivity index (χ0v) is 16.1. The van der Waals surface area contributed by atoms with Crippen LogP contribution in [-0.2, 0) is 16.1 Å². The van der Waals surface area contributed by atoms with Crippen LogP contribution >= 0.6 is 0 Å². The molecule has 1 N–H and O–H groups in total. The van der Waals surface area contributed by atoms with Gasteiger partial charge in [-0.25, -0.2) is 4.98 Å². The number of anilines is 1. The first kappa shape index (κ1) is 18.2. The number of nitrogens with one attached hydrogen (secondary N) is 1. The quantitative estimate of drug-likeness (QED) is 0.718. The van der Waals surface area contributed by atoms with E-state index in [4.69, 9.17) is 4.98 Å². The first-order valence-corrected chi connectivity index (χ1v) is 9.61. The minimum absolute atomic E-state index is 0.0451. The van der Waals surface area contributed by atoms with Crippen LogP contribution < -0.4 is 10.2 Å². The molecule has 0 saturated heterocycles. The van der Waals surface area contributed by atoms with Crippen LogP contribution in [0, 0.1) is 5.92 Å². The normalized spacial score (nSPS) is 14.6. The van der Waals surface area contributed by atoms with Crippen LogP contribution in [0.2, 0.25) is 0 Å². The van der Waals surface area contributed by atoms with E-state index in [1.807, 2.05) is 66.1 Å². The second-order valence-electron chi connectivity index (χ2n) is 7.34. The predicted octanol–water partition coefficient (Wildman–Crippen LogP) is 3.29. The van der Waals surface area contributed by atoms with E-state index in [0.717, 1.165) is 29.6 Å². The van der Waals surface area contributed by atoms with Crippen molar-refractivity contribution in [3.05, 3.63) is 60.4 Å². The Morgan fingerprint density at radius 3 is 2.54 bits per heavy atom. The molecule has 1 heterocycles. The third-order valence-electron chi connectivity index (χ3n) is 5.19. The van der Waals surface area contributed by atoms with Crippen LogP contribution in [0.4, 0.5) is 5.69 Å². The molecule has 6 nitrogen and oxygen atoms in total. The maximum atomic E-state index is 13.0. The Labute approximate surface area is 164 Å². The lowest BCUT2D eigenvalue weighted by Crippen LogP contribution is -2.33. The second kappa shape index (κ2) is 7.46. The van der Waals surface area contributed by atoms with E-state index in [2.05, 4.69) is 5.32 Å². The van der Waals surface area contributed by atoms with Gasteiger partial charge in [-0.3, -0.25) is 9.59 Å². The van der Waals surface area contributed by atoms with E-state index in [9.17, 15) is 9.59 Å². The topological polar surface area (TPSA) is 67.2 Å². The highest BCUT2D eigenvalue weighted by Gasteiger charge is 2.31. The zero-order chi connectivity index (χ0) is 19.7. The van der Waals surface area contributed by atoms with E-state index in [-0.39, 0.29) is 30.3 Å². The maximum Gasteiger partial charge on any atom is 0.246 e. The highest BCUT2D eigenvalue weighted by Crippen LogP contribution is 2.30. The molecule has 144 valence electrons. The fourth-order valence-electron chi connectivity index (χ4n) is 3.37. The van der Waals surface area contributed by atoms with E-state index in [0.29, 0.717) is 5.82 Å². The Morgan fingerprint density at radius 1 is 1.14 bits per heavy atom. The summed E-state index contributed by atoms with van der Waals surface area (Å²) in [7, 11) is 1.77. The van der Waals surface area contributed by atoms with Gasteiger partial charge in [0.1, 0.15) is 12.4 Å². The van der Waals surface area contributed by atoms with Gasteiger partial charge in [-0.05, 0) is 44.0 Å². The summed E-state index contributed by atoms with van der Waals surface area (Å²) >= 11 is 0.